The highest BCUT2D eigenvalue weighted by atomic mass is 35.5. The van der Waals surface area contributed by atoms with Gasteiger partial charge in [-0.25, -0.2) is 10.1 Å². The zero-order valence-electron chi connectivity index (χ0n) is 22.3. The van der Waals surface area contributed by atoms with Crippen LogP contribution in [0.5, 0.6) is 11.5 Å². The van der Waals surface area contributed by atoms with Gasteiger partial charge in [0.25, 0.3) is 5.91 Å². The number of carbonyl (C=O) groups excluding carboxylic acids is 1. The first kappa shape index (κ1) is 29.6. The van der Waals surface area contributed by atoms with E-state index in [4.69, 9.17) is 54.6 Å². The van der Waals surface area contributed by atoms with E-state index >= 15 is 0 Å². The van der Waals surface area contributed by atoms with E-state index in [9.17, 15) is 4.79 Å². The molecular formula is C27H22Cl3N9O4. The number of nitrogens with zero attached hydrogens (tertiary/aromatic N) is 6. The topological polar surface area (TPSA) is 168 Å². The van der Waals surface area contributed by atoms with Gasteiger partial charge in [0.15, 0.2) is 11.4 Å². The molecule has 2 aromatic heterocycles. The van der Waals surface area contributed by atoms with Crippen LogP contribution in [0.15, 0.2) is 70.4 Å². The average Bonchev–Trinajstić information content (AvgIpc) is 3.61. The Labute approximate surface area is 259 Å². The number of hydrazone groups is 1. The molecule has 0 saturated heterocycles. The highest BCUT2D eigenvalue weighted by Gasteiger charge is 2.24. The monoisotopic (exact) mass is 641 g/mol. The van der Waals surface area contributed by atoms with Crippen LogP contribution >= 0.6 is 34.8 Å². The first-order valence-corrected chi connectivity index (χ1v) is 13.6. The van der Waals surface area contributed by atoms with Crippen molar-refractivity contribution in [2.45, 2.75) is 13.2 Å². The Kier molecular flexibility index (Phi) is 9.25. The smallest absolute Gasteiger partial charge is 0.293 e. The fourth-order valence-electron chi connectivity index (χ4n) is 3.91. The van der Waals surface area contributed by atoms with E-state index in [1.807, 2.05) is 30.3 Å². The molecule has 0 saturated carbocycles. The number of nitrogen functional groups attached to an aromatic ring is 1. The summed E-state index contributed by atoms with van der Waals surface area (Å²) in [5.74, 6) is 0.308. The number of ether oxygens (including phenoxy) is 2. The standard InChI is InChI=1S/C27H22Cl3N9O4/c1-41-22-8-7-15(9-16(22)14-42-24-19(29)10-17(28)11-20(24)30)12-33-35-27(40)23-21(13-32-18-5-3-2-4-6-18)39(38-34-23)26-25(31)36-43-37-26/h2-12,32H,13-14H2,1H3,(H2,31,36)(H,35,40). The molecule has 0 aliphatic heterocycles. The second kappa shape index (κ2) is 13.4. The number of benzene rings is 3. The Hall–Kier alpha value is -4.85. The third kappa shape index (κ3) is 6.97. The van der Waals surface area contributed by atoms with Gasteiger partial charge in [0.2, 0.25) is 11.6 Å². The number of carbonyl (C=O) groups is 1. The number of hydrogen-bond acceptors (Lipinski definition) is 11. The van der Waals surface area contributed by atoms with Crippen molar-refractivity contribution in [3.05, 3.63) is 98.2 Å². The number of nitrogens with two attached hydrogens (primary N) is 1. The lowest BCUT2D eigenvalue weighted by atomic mass is 10.1. The number of halogens is 3. The lowest BCUT2D eigenvalue weighted by Crippen LogP contribution is -2.21. The van der Waals surface area contributed by atoms with Gasteiger partial charge in [0.1, 0.15) is 12.4 Å². The van der Waals surface area contributed by atoms with Crippen LogP contribution in [0.25, 0.3) is 5.82 Å². The second-order valence-electron chi connectivity index (χ2n) is 8.75. The van der Waals surface area contributed by atoms with Gasteiger partial charge in [-0.15, -0.1) is 5.10 Å². The Morgan fingerprint density at radius 1 is 1.09 bits per heavy atom. The molecule has 0 unspecified atom stereocenters. The molecule has 0 atom stereocenters. The van der Waals surface area contributed by atoms with Crippen molar-refractivity contribution in [1.29, 1.82) is 0 Å². The summed E-state index contributed by atoms with van der Waals surface area (Å²) in [5.41, 5.74) is 10.8. The molecular weight excluding hydrogens is 621 g/mol. The number of hydrogen-bond donors (Lipinski definition) is 3. The predicted octanol–water partition coefficient (Wildman–Crippen LogP) is 5.16. The molecule has 13 nitrogen and oxygen atoms in total. The minimum atomic E-state index is -0.619. The van der Waals surface area contributed by atoms with Crippen molar-refractivity contribution >= 4 is 58.4 Å². The molecule has 0 fully saturated rings. The molecule has 0 spiro atoms. The summed E-state index contributed by atoms with van der Waals surface area (Å²) in [6.07, 6.45) is 1.45. The summed E-state index contributed by atoms with van der Waals surface area (Å²) in [4.78, 5) is 13.1. The van der Waals surface area contributed by atoms with Crippen LogP contribution in [0.3, 0.4) is 0 Å². The van der Waals surface area contributed by atoms with Crippen LogP contribution in [0.4, 0.5) is 11.5 Å². The molecule has 4 N–H and O–H groups in total. The molecule has 43 heavy (non-hydrogen) atoms. The van der Waals surface area contributed by atoms with Crippen LogP contribution in [0.1, 0.15) is 27.3 Å². The molecule has 220 valence electrons. The van der Waals surface area contributed by atoms with E-state index in [-0.39, 0.29) is 46.3 Å². The minimum Gasteiger partial charge on any atom is -0.496 e. The van der Waals surface area contributed by atoms with Crippen molar-refractivity contribution in [1.82, 2.24) is 30.7 Å². The fraction of sp³-hybridized carbons (Fsp3) is 0.111. The number of aromatic nitrogens is 5. The van der Waals surface area contributed by atoms with E-state index in [1.54, 1.807) is 18.2 Å². The number of methoxy groups -OCH3 is 1. The average molecular weight is 643 g/mol. The third-order valence-corrected chi connectivity index (χ3v) is 6.71. The quantitative estimate of drug-likeness (QED) is 0.129. The maximum atomic E-state index is 13.1. The Morgan fingerprint density at radius 2 is 1.86 bits per heavy atom. The molecule has 1 amide bonds. The highest BCUT2D eigenvalue weighted by Crippen LogP contribution is 2.36. The molecule has 0 bridgehead atoms. The Morgan fingerprint density at radius 3 is 2.56 bits per heavy atom. The lowest BCUT2D eigenvalue weighted by molar-refractivity contribution is 0.0949. The van der Waals surface area contributed by atoms with Crippen LogP contribution in [0, 0.1) is 0 Å². The van der Waals surface area contributed by atoms with Gasteiger partial charge in [-0.3, -0.25) is 4.79 Å². The van der Waals surface area contributed by atoms with Crippen molar-refractivity contribution in [3.63, 3.8) is 0 Å². The summed E-state index contributed by atoms with van der Waals surface area (Å²) in [6, 6.07) is 17.7. The van der Waals surface area contributed by atoms with E-state index < -0.39 is 5.91 Å². The van der Waals surface area contributed by atoms with E-state index in [2.05, 4.69) is 36.5 Å². The largest absolute Gasteiger partial charge is 0.496 e. The van der Waals surface area contributed by atoms with Gasteiger partial charge in [0, 0.05) is 16.3 Å². The third-order valence-electron chi connectivity index (χ3n) is 5.93. The second-order valence-corrected chi connectivity index (χ2v) is 10.00. The van der Waals surface area contributed by atoms with Gasteiger partial charge in [-0.1, -0.05) is 58.2 Å². The Balaban J connectivity index is 1.32. The van der Waals surface area contributed by atoms with Gasteiger partial charge in [-0.2, -0.15) is 9.78 Å². The van der Waals surface area contributed by atoms with E-state index in [0.29, 0.717) is 27.6 Å². The van der Waals surface area contributed by atoms with Crippen molar-refractivity contribution < 1.29 is 18.9 Å². The molecule has 0 aliphatic carbocycles. The molecule has 3 aromatic carbocycles. The molecule has 5 aromatic rings. The Bertz CT molecular complexity index is 1750. The number of amides is 1. The summed E-state index contributed by atoms with van der Waals surface area (Å²) in [5, 5.41) is 23.6. The zero-order chi connectivity index (χ0) is 30.3. The van der Waals surface area contributed by atoms with Gasteiger partial charge in [-0.05, 0) is 58.3 Å². The number of nitrogens with one attached hydrogen (secondary N) is 2. The highest BCUT2D eigenvalue weighted by molar-refractivity contribution is 6.40. The van der Waals surface area contributed by atoms with Crippen molar-refractivity contribution in [2.24, 2.45) is 5.10 Å². The summed E-state index contributed by atoms with van der Waals surface area (Å²) in [7, 11) is 1.54. The van der Waals surface area contributed by atoms with Crippen molar-refractivity contribution in [2.75, 3.05) is 18.2 Å². The molecule has 2 heterocycles. The lowest BCUT2D eigenvalue weighted by Gasteiger charge is -2.13. The summed E-state index contributed by atoms with van der Waals surface area (Å²) < 4.78 is 17.3. The summed E-state index contributed by atoms with van der Waals surface area (Å²) in [6.45, 7) is 0.235. The first-order chi connectivity index (χ1) is 20.8. The van der Waals surface area contributed by atoms with Gasteiger partial charge < -0.3 is 20.5 Å². The van der Waals surface area contributed by atoms with E-state index in [1.165, 1.54) is 30.1 Å². The van der Waals surface area contributed by atoms with E-state index in [0.717, 1.165) is 5.69 Å². The fourth-order valence-corrected chi connectivity index (χ4v) is 4.84. The number of anilines is 2. The maximum absolute atomic E-state index is 13.1. The first-order valence-electron chi connectivity index (χ1n) is 12.4. The van der Waals surface area contributed by atoms with Crippen molar-refractivity contribution in [3.8, 4) is 17.3 Å². The van der Waals surface area contributed by atoms with Crippen LogP contribution in [0.2, 0.25) is 15.1 Å². The predicted molar refractivity (Wildman–Crippen MR) is 161 cm³/mol. The normalized spacial score (nSPS) is 11.1. The van der Waals surface area contributed by atoms with Gasteiger partial charge >= 0.3 is 0 Å². The van der Waals surface area contributed by atoms with Crippen LogP contribution in [-0.2, 0) is 13.2 Å². The molecule has 0 aliphatic rings. The molecule has 0 radical (unpaired) electrons. The number of para-hydroxylation sites is 1. The molecule has 16 heteroatoms. The minimum absolute atomic E-state index is 0.0106. The van der Waals surface area contributed by atoms with Crippen LogP contribution in [-0.4, -0.2) is 44.5 Å². The zero-order valence-corrected chi connectivity index (χ0v) is 24.6. The number of rotatable bonds is 11. The maximum Gasteiger partial charge on any atom is 0.293 e. The summed E-state index contributed by atoms with van der Waals surface area (Å²) >= 11 is 18.5. The SMILES string of the molecule is COc1ccc(C=NNC(=O)c2nnn(-c3nonc3N)c2CNc2ccccc2)cc1COc1c(Cl)cc(Cl)cc1Cl. The van der Waals surface area contributed by atoms with Gasteiger partial charge in [0.05, 0.1) is 35.6 Å². The van der Waals surface area contributed by atoms with Crippen LogP contribution < -0.4 is 25.9 Å². The molecule has 5 rings (SSSR count).